The number of carbonyl (C=O) groups excluding carboxylic acids is 2. The van der Waals surface area contributed by atoms with E-state index >= 15 is 0 Å². The average molecular weight is 286 g/mol. The third-order valence-corrected chi connectivity index (χ3v) is 3.48. The molecule has 1 heterocycles. The summed E-state index contributed by atoms with van der Waals surface area (Å²) in [6, 6.07) is -1.30. The third-order valence-electron chi connectivity index (χ3n) is 3.48. The van der Waals surface area contributed by atoms with E-state index in [0.717, 1.165) is 12.8 Å². The van der Waals surface area contributed by atoms with Gasteiger partial charge in [-0.15, -0.1) is 0 Å². The summed E-state index contributed by atoms with van der Waals surface area (Å²) < 4.78 is 0. The van der Waals surface area contributed by atoms with Gasteiger partial charge < -0.3 is 26.0 Å². The lowest BCUT2D eigenvalue weighted by Gasteiger charge is -2.35. The molecule has 1 aliphatic rings. The van der Waals surface area contributed by atoms with Crippen molar-refractivity contribution in [2.24, 2.45) is 5.73 Å². The van der Waals surface area contributed by atoms with Crippen molar-refractivity contribution < 1.29 is 19.5 Å². The highest BCUT2D eigenvalue weighted by Crippen LogP contribution is 2.14. The maximum absolute atomic E-state index is 12.0. The summed E-state index contributed by atoms with van der Waals surface area (Å²) in [7, 11) is 3.99. The summed E-state index contributed by atoms with van der Waals surface area (Å²) in [6.07, 6.45) is 1.27. The Hall–Kier alpha value is -1.83. The Labute approximate surface area is 117 Å². The molecular formula is C12H22N4O4. The number of carbonyl (C=O) groups is 3. The lowest BCUT2D eigenvalue weighted by molar-refractivity contribution is -0.141. The number of aliphatic carboxylic acids is 1. The molecule has 0 radical (unpaired) electrons. The molecule has 0 unspecified atom stereocenters. The predicted octanol–water partition coefficient (Wildman–Crippen LogP) is -0.949. The van der Waals surface area contributed by atoms with E-state index in [9.17, 15) is 14.4 Å². The minimum Gasteiger partial charge on any atom is -0.480 e. The fourth-order valence-electron chi connectivity index (χ4n) is 2.23. The fraction of sp³-hybridized carbons (Fsp3) is 0.750. The first kappa shape index (κ1) is 16.2. The van der Waals surface area contributed by atoms with Gasteiger partial charge in [-0.2, -0.15) is 0 Å². The standard InChI is InChI=1S/C12H22N4O4/c1-15(2)8-3-5-16(6-4-8)12(20)14-9(11(18)19)7-10(13)17/h8-9H,3-7H2,1-2H3,(H2,13,17)(H,14,20)(H,18,19)/t9-/m1/s1. The van der Waals surface area contributed by atoms with Crippen LogP contribution in [0.3, 0.4) is 0 Å². The Morgan fingerprint density at radius 1 is 1.35 bits per heavy atom. The van der Waals surface area contributed by atoms with Gasteiger partial charge in [-0.1, -0.05) is 0 Å². The molecule has 4 N–H and O–H groups in total. The number of primary amides is 1. The Balaban J connectivity index is 2.50. The number of nitrogens with zero attached hydrogens (tertiary/aromatic N) is 2. The number of rotatable bonds is 5. The second-order valence-electron chi connectivity index (χ2n) is 5.19. The second-order valence-corrected chi connectivity index (χ2v) is 5.19. The summed E-state index contributed by atoms with van der Waals surface area (Å²) in [5.74, 6) is -2.02. The number of carboxylic acids is 1. The van der Waals surface area contributed by atoms with E-state index in [1.54, 1.807) is 4.90 Å². The molecule has 1 aliphatic heterocycles. The molecule has 1 atom stereocenters. The number of carboxylic acid groups (broad SMARTS) is 1. The van der Waals surface area contributed by atoms with Gasteiger partial charge in [-0.3, -0.25) is 4.79 Å². The number of likely N-dealkylation sites (tertiary alicyclic amines) is 1. The van der Waals surface area contributed by atoms with Gasteiger partial charge in [0.15, 0.2) is 0 Å². The molecule has 1 saturated heterocycles. The topological polar surface area (TPSA) is 116 Å². The Bertz CT molecular complexity index is 378. The number of nitrogens with one attached hydrogen (secondary N) is 1. The zero-order valence-electron chi connectivity index (χ0n) is 11.8. The molecule has 20 heavy (non-hydrogen) atoms. The van der Waals surface area contributed by atoms with Crippen LogP contribution < -0.4 is 11.1 Å². The number of amides is 3. The summed E-state index contributed by atoms with van der Waals surface area (Å²) in [5.41, 5.74) is 4.96. The number of piperidine rings is 1. The van der Waals surface area contributed by atoms with E-state index in [1.807, 2.05) is 14.1 Å². The Kier molecular flexibility index (Phi) is 5.75. The monoisotopic (exact) mass is 286 g/mol. The smallest absolute Gasteiger partial charge is 0.326 e. The predicted molar refractivity (Wildman–Crippen MR) is 72.0 cm³/mol. The van der Waals surface area contributed by atoms with Gasteiger partial charge in [0.1, 0.15) is 6.04 Å². The molecule has 3 amide bonds. The molecule has 0 aromatic carbocycles. The average Bonchev–Trinajstić information content (AvgIpc) is 2.37. The van der Waals surface area contributed by atoms with Crippen LogP contribution in [-0.2, 0) is 9.59 Å². The van der Waals surface area contributed by atoms with Crippen LogP contribution >= 0.6 is 0 Å². The van der Waals surface area contributed by atoms with Crippen molar-refractivity contribution in [1.82, 2.24) is 15.1 Å². The quantitative estimate of drug-likeness (QED) is 0.602. The number of nitrogens with two attached hydrogens (primary N) is 1. The molecule has 0 aromatic heterocycles. The molecule has 1 rings (SSSR count). The lowest BCUT2D eigenvalue weighted by Crippen LogP contribution is -2.52. The highest BCUT2D eigenvalue weighted by molar-refractivity contribution is 5.87. The maximum Gasteiger partial charge on any atom is 0.326 e. The molecule has 0 aromatic rings. The van der Waals surface area contributed by atoms with Crippen LogP contribution in [0.5, 0.6) is 0 Å². The van der Waals surface area contributed by atoms with Crippen molar-refractivity contribution >= 4 is 17.9 Å². The van der Waals surface area contributed by atoms with Gasteiger partial charge in [-0.05, 0) is 26.9 Å². The third kappa shape index (κ3) is 4.69. The minimum atomic E-state index is -1.27. The van der Waals surface area contributed by atoms with Crippen LogP contribution in [-0.4, -0.2) is 72.1 Å². The second kappa shape index (κ2) is 7.09. The van der Waals surface area contributed by atoms with Crippen LogP contribution in [0, 0.1) is 0 Å². The van der Waals surface area contributed by atoms with Gasteiger partial charge in [0, 0.05) is 19.1 Å². The molecule has 8 heteroatoms. The van der Waals surface area contributed by atoms with Crippen LogP contribution in [0.4, 0.5) is 4.79 Å². The SMILES string of the molecule is CN(C)C1CCN(C(=O)N[C@H](CC(N)=O)C(=O)O)CC1. The van der Waals surface area contributed by atoms with Crippen LogP contribution in [0.15, 0.2) is 0 Å². The van der Waals surface area contributed by atoms with Crippen molar-refractivity contribution in [1.29, 1.82) is 0 Å². The van der Waals surface area contributed by atoms with Crippen molar-refractivity contribution in [3.8, 4) is 0 Å². The highest BCUT2D eigenvalue weighted by atomic mass is 16.4. The summed E-state index contributed by atoms with van der Waals surface area (Å²) in [5, 5.41) is 11.3. The van der Waals surface area contributed by atoms with E-state index in [-0.39, 0.29) is 0 Å². The molecule has 8 nitrogen and oxygen atoms in total. The molecule has 0 aliphatic carbocycles. The molecule has 0 saturated carbocycles. The van der Waals surface area contributed by atoms with Gasteiger partial charge in [0.25, 0.3) is 0 Å². The van der Waals surface area contributed by atoms with E-state index in [1.165, 1.54) is 0 Å². The van der Waals surface area contributed by atoms with Gasteiger partial charge in [0.05, 0.1) is 6.42 Å². The van der Waals surface area contributed by atoms with Gasteiger partial charge in [-0.25, -0.2) is 9.59 Å². The van der Waals surface area contributed by atoms with E-state index in [4.69, 9.17) is 10.8 Å². The first-order valence-corrected chi connectivity index (χ1v) is 6.54. The van der Waals surface area contributed by atoms with E-state index in [2.05, 4.69) is 10.2 Å². The first-order valence-electron chi connectivity index (χ1n) is 6.54. The molecule has 0 spiro atoms. The van der Waals surface area contributed by atoms with Crippen LogP contribution in [0.1, 0.15) is 19.3 Å². The number of urea groups is 1. The first-order chi connectivity index (χ1) is 9.31. The normalized spacial score (nSPS) is 17.9. The van der Waals surface area contributed by atoms with Crippen molar-refractivity contribution in [2.45, 2.75) is 31.3 Å². The fourth-order valence-corrected chi connectivity index (χ4v) is 2.23. The number of hydrogen-bond donors (Lipinski definition) is 3. The molecule has 1 fully saturated rings. The molecule has 114 valence electrons. The molecule has 0 bridgehead atoms. The van der Waals surface area contributed by atoms with Gasteiger partial charge >= 0.3 is 12.0 Å². The zero-order chi connectivity index (χ0) is 15.3. The Morgan fingerprint density at radius 3 is 2.30 bits per heavy atom. The van der Waals surface area contributed by atoms with Crippen molar-refractivity contribution in [3.63, 3.8) is 0 Å². The summed E-state index contributed by atoms with van der Waals surface area (Å²) >= 11 is 0. The van der Waals surface area contributed by atoms with E-state index < -0.39 is 30.4 Å². The molecular weight excluding hydrogens is 264 g/mol. The van der Waals surface area contributed by atoms with Crippen molar-refractivity contribution in [2.75, 3.05) is 27.2 Å². The lowest BCUT2D eigenvalue weighted by atomic mass is 10.0. The number of hydrogen-bond acceptors (Lipinski definition) is 4. The van der Waals surface area contributed by atoms with Crippen molar-refractivity contribution in [3.05, 3.63) is 0 Å². The largest absolute Gasteiger partial charge is 0.480 e. The highest BCUT2D eigenvalue weighted by Gasteiger charge is 2.28. The van der Waals surface area contributed by atoms with Gasteiger partial charge in [0.2, 0.25) is 5.91 Å². The minimum absolute atomic E-state index is 0.408. The Morgan fingerprint density at radius 2 is 1.90 bits per heavy atom. The van der Waals surface area contributed by atoms with E-state index in [0.29, 0.717) is 19.1 Å². The van der Waals surface area contributed by atoms with Crippen LogP contribution in [0.25, 0.3) is 0 Å². The zero-order valence-corrected chi connectivity index (χ0v) is 11.8. The summed E-state index contributed by atoms with van der Waals surface area (Å²) in [6.45, 7) is 1.13. The van der Waals surface area contributed by atoms with Crippen LogP contribution in [0.2, 0.25) is 0 Å². The summed E-state index contributed by atoms with van der Waals surface area (Å²) in [4.78, 5) is 37.4. The maximum atomic E-state index is 12.0.